The minimum atomic E-state index is -0.255. The van der Waals surface area contributed by atoms with Gasteiger partial charge in [0.25, 0.3) is 0 Å². The fourth-order valence-electron chi connectivity index (χ4n) is 1.77. The quantitative estimate of drug-likeness (QED) is 0.801. The second-order valence-corrected chi connectivity index (χ2v) is 6.01. The van der Waals surface area contributed by atoms with Crippen molar-refractivity contribution < 1.29 is 4.79 Å². The zero-order chi connectivity index (χ0) is 13.9. The van der Waals surface area contributed by atoms with Crippen LogP contribution in [0.2, 0.25) is 0 Å². The van der Waals surface area contributed by atoms with E-state index in [2.05, 4.69) is 41.8 Å². The molecule has 3 nitrogen and oxygen atoms in total. The molecule has 1 aromatic heterocycles. The number of nitrogens with zero attached hydrogens (tertiary/aromatic N) is 2. The molecular formula is C14H23BrN2O. The normalized spacial score (nSPS) is 11.9. The van der Waals surface area contributed by atoms with E-state index in [0.717, 1.165) is 35.2 Å². The highest BCUT2D eigenvalue weighted by atomic mass is 79.9. The van der Waals surface area contributed by atoms with E-state index in [0.29, 0.717) is 6.42 Å². The summed E-state index contributed by atoms with van der Waals surface area (Å²) in [7, 11) is 0. The predicted octanol–water partition coefficient (Wildman–Crippen LogP) is 3.78. The van der Waals surface area contributed by atoms with Gasteiger partial charge >= 0.3 is 0 Å². The number of rotatable bonds is 6. The highest BCUT2D eigenvalue weighted by Crippen LogP contribution is 2.27. The zero-order valence-corrected chi connectivity index (χ0v) is 13.6. The number of ketones is 1. The third kappa shape index (κ3) is 3.02. The van der Waals surface area contributed by atoms with Crippen LogP contribution in [0.3, 0.4) is 0 Å². The Kier molecular flexibility index (Phi) is 5.14. The van der Waals surface area contributed by atoms with Crippen LogP contribution in [0.5, 0.6) is 0 Å². The summed E-state index contributed by atoms with van der Waals surface area (Å²) in [5.41, 5.74) is 1.80. The first kappa shape index (κ1) is 15.4. The van der Waals surface area contributed by atoms with Crippen LogP contribution in [0.15, 0.2) is 4.47 Å². The SMILES string of the molecule is CCc1nn(CC)c(CC(=O)C(C)(C)CC)c1Br. The van der Waals surface area contributed by atoms with Gasteiger partial charge in [-0.05, 0) is 35.7 Å². The third-order valence-electron chi connectivity index (χ3n) is 3.66. The molecule has 0 bridgehead atoms. The van der Waals surface area contributed by atoms with Crippen molar-refractivity contribution in [2.24, 2.45) is 5.41 Å². The van der Waals surface area contributed by atoms with Crippen molar-refractivity contribution in [2.75, 3.05) is 0 Å². The lowest BCUT2D eigenvalue weighted by molar-refractivity contribution is -0.126. The number of carbonyl (C=O) groups is 1. The van der Waals surface area contributed by atoms with Crippen LogP contribution in [0.1, 0.15) is 52.4 Å². The molecule has 0 fully saturated rings. The summed E-state index contributed by atoms with van der Waals surface area (Å²) in [6.07, 6.45) is 2.21. The Labute approximate surface area is 118 Å². The summed E-state index contributed by atoms with van der Waals surface area (Å²) in [4.78, 5) is 12.3. The molecule has 0 amide bonds. The first-order chi connectivity index (χ1) is 8.37. The van der Waals surface area contributed by atoms with Crippen LogP contribution in [-0.2, 0) is 24.2 Å². The maximum atomic E-state index is 12.3. The maximum absolute atomic E-state index is 12.3. The molecule has 0 aliphatic carbocycles. The summed E-state index contributed by atoms with van der Waals surface area (Å²) < 4.78 is 2.94. The van der Waals surface area contributed by atoms with Gasteiger partial charge in [-0.3, -0.25) is 9.48 Å². The molecule has 0 spiro atoms. The molecule has 0 unspecified atom stereocenters. The summed E-state index contributed by atoms with van der Waals surface area (Å²) in [5, 5.41) is 4.53. The minimum absolute atomic E-state index is 0.255. The van der Waals surface area contributed by atoms with Gasteiger partial charge in [0.2, 0.25) is 0 Å². The van der Waals surface area contributed by atoms with Crippen molar-refractivity contribution in [3.8, 4) is 0 Å². The maximum Gasteiger partial charge on any atom is 0.144 e. The van der Waals surface area contributed by atoms with E-state index < -0.39 is 0 Å². The number of aromatic nitrogens is 2. The average Bonchev–Trinajstić information content (AvgIpc) is 2.66. The third-order valence-corrected chi connectivity index (χ3v) is 4.58. The summed E-state index contributed by atoms with van der Waals surface area (Å²) in [6, 6.07) is 0. The number of Topliss-reactive ketones (excluding diaryl/α,β-unsaturated/α-hetero) is 1. The van der Waals surface area contributed by atoms with Gasteiger partial charge in [-0.15, -0.1) is 0 Å². The Morgan fingerprint density at radius 2 is 1.94 bits per heavy atom. The van der Waals surface area contributed by atoms with Crippen LogP contribution < -0.4 is 0 Å². The molecule has 1 heterocycles. The van der Waals surface area contributed by atoms with E-state index in [1.807, 2.05) is 18.5 Å². The molecule has 0 saturated carbocycles. The molecule has 0 aliphatic heterocycles. The van der Waals surface area contributed by atoms with E-state index in [1.54, 1.807) is 0 Å². The highest BCUT2D eigenvalue weighted by molar-refractivity contribution is 9.10. The standard InChI is InChI=1S/C14H23BrN2O/c1-6-10-13(15)11(17(8-3)16-10)9-12(18)14(4,5)7-2/h6-9H2,1-5H3. The fraction of sp³-hybridized carbons (Fsp3) is 0.714. The van der Waals surface area contributed by atoms with Crippen LogP contribution in [0.4, 0.5) is 0 Å². The summed E-state index contributed by atoms with van der Waals surface area (Å²) in [6.45, 7) is 11.0. The molecule has 0 radical (unpaired) electrons. The smallest absolute Gasteiger partial charge is 0.144 e. The molecule has 18 heavy (non-hydrogen) atoms. The van der Waals surface area contributed by atoms with Crippen LogP contribution in [-0.4, -0.2) is 15.6 Å². The van der Waals surface area contributed by atoms with E-state index in [9.17, 15) is 4.79 Å². The van der Waals surface area contributed by atoms with Crippen molar-refractivity contribution in [1.29, 1.82) is 0 Å². The lowest BCUT2D eigenvalue weighted by Crippen LogP contribution is -2.26. The van der Waals surface area contributed by atoms with Gasteiger partial charge in [0.15, 0.2) is 0 Å². The minimum Gasteiger partial charge on any atom is -0.299 e. The molecule has 0 aromatic carbocycles. The number of halogens is 1. The molecule has 1 aromatic rings. The average molecular weight is 315 g/mol. The fourth-order valence-corrected chi connectivity index (χ4v) is 2.48. The van der Waals surface area contributed by atoms with Crippen LogP contribution in [0.25, 0.3) is 0 Å². The van der Waals surface area contributed by atoms with Crippen molar-refractivity contribution in [3.63, 3.8) is 0 Å². The van der Waals surface area contributed by atoms with Crippen molar-refractivity contribution >= 4 is 21.7 Å². The van der Waals surface area contributed by atoms with Crippen molar-refractivity contribution in [1.82, 2.24) is 9.78 Å². The number of hydrogen-bond donors (Lipinski definition) is 0. The lowest BCUT2D eigenvalue weighted by atomic mass is 9.83. The monoisotopic (exact) mass is 314 g/mol. The van der Waals surface area contributed by atoms with Crippen molar-refractivity contribution in [2.45, 2.75) is 60.4 Å². The summed E-state index contributed by atoms with van der Waals surface area (Å²) >= 11 is 3.58. The Balaban J connectivity index is 3.04. The Morgan fingerprint density at radius 3 is 2.39 bits per heavy atom. The molecule has 1 rings (SSSR count). The van der Waals surface area contributed by atoms with Gasteiger partial charge in [-0.2, -0.15) is 5.10 Å². The van der Waals surface area contributed by atoms with E-state index in [4.69, 9.17) is 0 Å². The molecular weight excluding hydrogens is 292 g/mol. The Hall–Kier alpha value is -0.640. The van der Waals surface area contributed by atoms with Gasteiger partial charge < -0.3 is 0 Å². The second kappa shape index (κ2) is 6.00. The van der Waals surface area contributed by atoms with Gasteiger partial charge in [-0.1, -0.05) is 27.7 Å². The van der Waals surface area contributed by atoms with Gasteiger partial charge in [0, 0.05) is 12.0 Å². The van der Waals surface area contributed by atoms with E-state index in [-0.39, 0.29) is 11.2 Å². The number of hydrogen-bond acceptors (Lipinski definition) is 2. The number of aryl methyl sites for hydroxylation is 2. The van der Waals surface area contributed by atoms with Crippen LogP contribution in [0, 0.1) is 5.41 Å². The topological polar surface area (TPSA) is 34.9 Å². The van der Waals surface area contributed by atoms with E-state index >= 15 is 0 Å². The molecule has 102 valence electrons. The van der Waals surface area contributed by atoms with Crippen LogP contribution >= 0.6 is 15.9 Å². The first-order valence-electron chi connectivity index (χ1n) is 6.64. The molecule has 0 aliphatic rings. The highest BCUT2D eigenvalue weighted by Gasteiger charge is 2.27. The van der Waals surface area contributed by atoms with Crippen molar-refractivity contribution in [3.05, 3.63) is 15.9 Å². The Morgan fingerprint density at radius 1 is 1.33 bits per heavy atom. The van der Waals surface area contributed by atoms with Gasteiger partial charge in [-0.25, -0.2) is 0 Å². The molecule has 0 N–H and O–H groups in total. The number of carbonyl (C=O) groups excluding carboxylic acids is 1. The van der Waals surface area contributed by atoms with Gasteiger partial charge in [0.05, 0.1) is 22.3 Å². The zero-order valence-electron chi connectivity index (χ0n) is 12.0. The second-order valence-electron chi connectivity index (χ2n) is 5.21. The first-order valence-corrected chi connectivity index (χ1v) is 7.44. The predicted molar refractivity (Wildman–Crippen MR) is 77.8 cm³/mol. The molecule has 0 saturated heterocycles. The van der Waals surface area contributed by atoms with E-state index in [1.165, 1.54) is 0 Å². The lowest BCUT2D eigenvalue weighted by Gasteiger charge is -2.21. The summed E-state index contributed by atoms with van der Waals surface area (Å²) in [5.74, 6) is 0.281. The van der Waals surface area contributed by atoms with Gasteiger partial charge in [0.1, 0.15) is 5.78 Å². The molecule has 0 atom stereocenters. The largest absolute Gasteiger partial charge is 0.299 e. The molecule has 4 heteroatoms. The Bertz CT molecular complexity index is 435.